The summed E-state index contributed by atoms with van der Waals surface area (Å²) in [5.74, 6) is -1.34. The Bertz CT molecular complexity index is 805. The molecule has 3 rings (SSSR count). The van der Waals surface area contributed by atoms with Crippen LogP contribution in [0.15, 0.2) is 18.2 Å². The number of anilines is 1. The molecule has 0 aliphatic carbocycles. The van der Waals surface area contributed by atoms with E-state index in [2.05, 4.69) is 27.6 Å². The number of carboxylic acid groups (broad SMARTS) is 1. The molecule has 0 saturated carbocycles. The molecule has 0 spiro atoms. The maximum Gasteiger partial charge on any atom is 0.359 e. The number of nitrogens with zero attached hydrogens (tertiary/aromatic N) is 2. The number of aromatic nitrogens is 1. The van der Waals surface area contributed by atoms with E-state index in [1.165, 1.54) is 11.3 Å². The Hall–Kier alpha value is -1.68. The van der Waals surface area contributed by atoms with Crippen molar-refractivity contribution in [2.75, 3.05) is 18.1 Å². The molecule has 1 aromatic carbocycles. The van der Waals surface area contributed by atoms with Crippen LogP contribution < -0.4 is 4.90 Å². The van der Waals surface area contributed by atoms with E-state index in [1.807, 2.05) is 11.0 Å². The molecule has 2 heterocycles. The number of carboxylic acids is 1. The zero-order valence-electron chi connectivity index (χ0n) is 12.9. The summed E-state index contributed by atoms with van der Waals surface area (Å²) in [6, 6.07) is 5.37. The van der Waals surface area contributed by atoms with Gasteiger partial charge in [0.1, 0.15) is 2.88 Å². The fraction of sp³-hybridized carbons (Fsp3) is 0.312. The zero-order valence-corrected chi connectivity index (χ0v) is 15.9. The van der Waals surface area contributed by atoms with Gasteiger partial charge in [-0.1, -0.05) is 23.5 Å². The van der Waals surface area contributed by atoms with E-state index < -0.39 is 11.9 Å². The molecule has 24 heavy (non-hydrogen) atoms. The number of esters is 1. The highest BCUT2D eigenvalue weighted by molar-refractivity contribution is 14.1. The first-order valence-electron chi connectivity index (χ1n) is 7.43. The average Bonchev–Trinajstić information content (AvgIpc) is 2.96. The second kappa shape index (κ2) is 7.06. The van der Waals surface area contributed by atoms with Gasteiger partial charge in [-0.15, -0.1) is 0 Å². The molecule has 0 radical (unpaired) electrons. The lowest BCUT2D eigenvalue weighted by atomic mass is 9.95. The number of thiazole rings is 1. The lowest BCUT2D eigenvalue weighted by Gasteiger charge is -2.29. The van der Waals surface area contributed by atoms with Crippen molar-refractivity contribution in [1.82, 2.24) is 4.98 Å². The first kappa shape index (κ1) is 17.2. The minimum absolute atomic E-state index is 0.306. The topological polar surface area (TPSA) is 79.7 Å². The highest BCUT2D eigenvalue weighted by atomic mass is 127. The second-order valence-electron chi connectivity index (χ2n) is 5.26. The molecule has 1 aliphatic rings. The Balaban J connectivity index is 1.90. The van der Waals surface area contributed by atoms with E-state index in [1.54, 1.807) is 19.1 Å². The summed E-state index contributed by atoms with van der Waals surface area (Å²) in [5.41, 5.74) is 2.53. The fourth-order valence-electron chi connectivity index (χ4n) is 2.70. The Labute approximate surface area is 156 Å². The van der Waals surface area contributed by atoms with Gasteiger partial charge in [0.15, 0.2) is 10.8 Å². The molecule has 0 fully saturated rings. The van der Waals surface area contributed by atoms with Gasteiger partial charge >= 0.3 is 11.9 Å². The largest absolute Gasteiger partial charge is 0.478 e. The molecule has 8 heteroatoms. The van der Waals surface area contributed by atoms with Crippen molar-refractivity contribution in [1.29, 1.82) is 0 Å². The molecule has 0 unspecified atom stereocenters. The molecule has 1 aromatic heterocycles. The Kier molecular flexibility index (Phi) is 5.04. The maximum atomic E-state index is 11.9. The number of rotatable bonds is 4. The van der Waals surface area contributed by atoms with Crippen LogP contribution >= 0.6 is 33.9 Å². The van der Waals surface area contributed by atoms with Crippen LogP contribution in [-0.2, 0) is 17.7 Å². The van der Waals surface area contributed by atoms with Crippen LogP contribution in [0.1, 0.15) is 38.9 Å². The van der Waals surface area contributed by atoms with Crippen molar-refractivity contribution < 1.29 is 19.4 Å². The van der Waals surface area contributed by atoms with Crippen LogP contribution in [0.2, 0.25) is 0 Å². The number of aromatic carboxylic acids is 1. The smallest absolute Gasteiger partial charge is 0.359 e. The number of ether oxygens (including phenoxy) is 1. The predicted molar refractivity (Wildman–Crippen MR) is 98.9 cm³/mol. The van der Waals surface area contributed by atoms with Crippen LogP contribution in [0, 0.1) is 2.88 Å². The van der Waals surface area contributed by atoms with Gasteiger partial charge in [0.05, 0.1) is 12.2 Å². The van der Waals surface area contributed by atoms with E-state index in [-0.39, 0.29) is 0 Å². The molecule has 126 valence electrons. The molecule has 1 aliphatic heterocycles. The van der Waals surface area contributed by atoms with Gasteiger partial charge in [-0.2, -0.15) is 0 Å². The van der Waals surface area contributed by atoms with Crippen LogP contribution in [0.5, 0.6) is 0 Å². The van der Waals surface area contributed by atoms with E-state index in [9.17, 15) is 14.7 Å². The number of hydrogen-bond acceptors (Lipinski definition) is 6. The summed E-state index contributed by atoms with van der Waals surface area (Å²) < 4.78 is 5.80. The van der Waals surface area contributed by atoms with Gasteiger partial charge in [0.2, 0.25) is 0 Å². The van der Waals surface area contributed by atoms with Crippen molar-refractivity contribution in [3.63, 3.8) is 0 Å². The van der Waals surface area contributed by atoms with Crippen LogP contribution in [0.4, 0.5) is 5.13 Å². The molecular formula is C16H15IN2O4S. The lowest BCUT2D eigenvalue weighted by molar-refractivity contribution is 0.0518. The average molecular weight is 458 g/mol. The highest BCUT2D eigenvalue weighted by Crippen LogP contribution is 2.32. The minimum Gasteiger partial charge on any atom is -0.478 e. The number of halogens is 1. The van der Waals surface area contributed by atoms with Crippen molar-refractivity contribution in [3.05, 3.63) is 43.5 Å². The summed E-state index contributed by atoms with van der Waals surface area (Å²) in [6.45, 7) is 3.28. The maximum absolute atomic E-state index is 11.9. The molecule has 0 bridgehead atoms. The van der Waals surface area contributed by atoms with Gasteiger partial charge in [-0.25, -0.2) is 14.6 Å². The number of carbonyl (C=O) groups is 2. The summed E-state index contributed by atoms with van der Waals surface area (Å²) in [6.07, 6.45) is 0.751. The van der Waals surface area contributed by atoms with E-state index in [0.29, 0.717) is 29.5 Å². The predicted octanol–water partition coefficient (Wildman–Crippen LogP) is 3.19. The van der Waals surface area contributed by atoms with E-state index in [0.717, 1.165) is 27.0 Å². The van der Waals surface area contributed by atoms with Gasteiger partial charge < -0.3 is 14.7 Å². The molecule has 0 amide bonds. The van der Waals surface area contributed by atoms with Crippen LogP contribution in [0.25, 0.3) is 0 Å². The molecule has 6 nitrogen and oxygen atoms in total. The SMILES string of the molecule is CCOC(=O)c1nc(N2CCc3cccc(C(=O)O)c3C2)sc1I. The van der Waals surface area contributed by atoms with Crippen LogP contribution in [0.3, 0.4) is 0 Å². The Morgan fingerprint density at radius 3 is 2.96 bits per heavy atom. The number of carbonyl (C=O) groups excluding carboxylic acids is 1. The second-order valence-corrected chi connectivity index (χ2v) is 8.05. The number of fused-ring (bicyclic) bond motifs is 1. The summed E-state index contributed by atoms with van der Waals surface area (Å²) in [5, 5.41) is 10.1. The highest BCUT2D eigenvalue weighted by Gasteiger charge is 2.26. The molecule has 0 atom stereocenters. The van der Waals surface area contributed by atoms with Crippen molar-refractivity contribution in [3.8, 4) is 0 Å². The monoisotopic (exact) mass is 458 g/mol. The zero-order chi connectivity index (χ0) is 17.3. The van der Waals surface area contributed by atoms with Gasteiger partial charge in [0.25, 0.3) is 0 Å². The summed E-state index contributed by atoms with van der Waals surface area (Å²) in [7, 11) is 0. The molecule has 0 saturated heterocycles. The third-order valence-electron chi connectivity index (χ3n) is 3.82. The molecular weight excluding hydrogens is 443 g/mol. The van der Waals surface area contributed by atoms with Crippen LogP contribution in [-0.4, -0.2) is 35.2 Å². The first-order chi connectivity index (χ1) is 11.5. The van der Waals surface area contributed by atoms with Gasteiger partial charge in [-0.05, 0) is 53.1 Å². The summed E-state index contributed by atoms with van der Waals surface area (Å²) >= 11 is 3.50. The lowest BCUT2D eigenvalue weighted by Crippen LogP contribution is -2.31. The Morgan fingerprint density at radius 1 is 1.46 bits per heavy atom. The van der Waals surface area contributed by atoms with Crippen molar-refractivity contribution in [2.45, 2.75) is 19.9 Å². The van der Waals surface area contributed by atoms with Crippen molar-refractivity contribution >= 4 is 51.0 Å². The normalized spacial score (nSPS) is 13.5. The third kappa shape index (κ3) is 3.25. The minimum atomic E-state index is -0.922. The van der Waals surface area contributed by atoms with Crippen molar-refractivity contribution in [2.24, 2.45) is 0 Å². The fourth-order valence-corrected chi connectivity index (χ4v) is 4.44. The van der Waals surface area contributed by atoms with Gasteiger partial charge in [-0.3, -0.25) is 0 Å². The van der Waals surface area contributed by atoms with E-state index in [4.69, 9.17) is 4.74 Å². The Morgan fingerprint density at radius 2 is 2.25 bits per heavy atom. The first-order valence-corrected chi connectivity index (χ1v) is 9.33. The number of hydrogen-bond donors (Lipinski definition) is 1. The quantitative estimate of drug-likeness (QED) is 0.560. The van der Waals surface area contributed by atoms with Gasteiger partial charge in [0, 0.05) is 13.1 Å². The molecule has 1 N–H and O–H groups in total. The number of benzene rings is 1. The standard InChI is InChI=1S/C16H15IN2O4S/c1-2-23-15(22)12-13(17)24-16(18-12)19-7-6-9-4-3-5-10(14(20)21)11(9)8-19/h3-5H,2,6-8H2,1H3,(H,20,21). The third-order valence-corrected chi connectivity index (χ3v) is 5.89. The van der Waals surface area contributed by atoms with E-state index >= 15 is 0 Å². The molecule has 2 aromatic rings. The summed E-state index contributed by atoms with van der Waals surface area (Å²) in [4.78, 5) is 29.8.